The molecule has 2 aliphatic rings. The molecule has 0 saturated heterocycles. The van der Waals surface area contributed by atoms with E-state index in [-0.39, 0.29) is 30.0 Å². The van der Waals surface area contributed by atoms with Gasteiger partial charge in [-0.3, -0.25) is 19.0 Å². The van der Waals surface area contributed by atoms with Crippen LogP contribution >= 0.6 is 27.5 Å². The molecule has 0 bridgehead atoms. The Morgan fingerprint density at radius 3 is 2.57 bits per heavy atom. The average molecular weight is 647 g/mol. The van der Waals surface area contributed by atoms with Crippen LogP contribution in [0.5, 0.6) is 0 Å². The number of carbonyl (C=O) groups excluding carboxylic acids is 2. The smallest absolute Gasteiger partial charge is 0.261 e. The van der Waals surface area contributed by atoms with E-state index in [1.54, 1.807) is 59.0 Å². The third-order valence-electron chi connectivity index (χ3n) is 7.95. The Balaban J connectivity index is 1.50. The third kappa shape index (κ3) is 5.01. The normalized spacial score (nSPS) is 16.3. The fourth-order valence-electron chi connectivity index (χ4n) is 5.74. The van der Waals surface area contributed by atoms with Gasteiger partial charge in [0.2, 0.25) is 0 Å². The predicted octanol–water partition coefficient (Wildman–Crippen LogP) is 5.67. The molecule has 6 rings (SSSR count). The molecule has 2 aromatic heterocycles. The van der Waals surface area contributed by atoms with E-state index in [0.717, 1.165) is 22.9 Å². The van der Waals surface area contributed by atoms with Crippen LogP contribution in [0, 0.1) is 0 Å². The molecule has 214 valence electrons. The highest BCUT2D eigenvalue weighted by Crippen LogP contribution is 2.29. The fourth-order valence-corrected chi connectivity index (χ4v) is 6.17. The predicted molar refractivity (Wildman–Crippen MR) is 167 cm³/mol. The fraction of sp³-hybridized carbons (Fsp3) is 0.250. The largest absolute Gasteiger partial charge is 0.355 e. The minimum atomic E-state index is -0.228. The molecule has 0 spiro atoms. The maximum atomic E-state index is 14.3. The van der Waals surface area contributed by atoms with Crippen molar-refractivity contribution in [3.63, 3.8) is 0 Å². The topological polar surface area (TPSA) is 88.7 Å². The number of nitrogens with zero attached hydrogens (tertiary/aromatic N) is 4. The van der Waals surface area contributed by atoms with E-state index in [4.69, 9.17) is 16.7 Å². The SMILES string of the molecule is CNC(=O)c1ccc(-n2c(=O)c3c(n4ncc(CC5=CCCC=C5)c24)CN(C(=O)c2ccc(Br)c(Cl)c2)[C@H](C)C3)cc1. The number of halogens is 2. The maximum absolute atomic E-state index is 14.3. The van der Waals surface area contributed by atoms with Crippen LogP contribution in [0.3, 0.4) is 0 Å². The standard InChI is InChI=1S/C32H29BrClN5O3/c1-19-14-25-28(18-37(19)31(41)22-10-13-26(33)27(34)16-22)39-30(23(17-36-39)15-20-6-4-3-5-7-20)38(32(25)42)24-11-8-21(9-12-24)29(40)35-2/h4,6-13,16-17,19H,3,5,14-15,18H2,1-2H3,(H,35,40)/t19-/m1/s1. The Labute approximate surface area is 256 Å². The number of carbonyl (C=O) groups is 2. The summed E-state index contributed by atoms with van der Waals surface area (Å²) >= 11 is 9.69. The third-order valence-corrected chi connectivity index (χ3v) is 9.19. The molecule has 1 aliphatic heterocycles. The van der Waals surface area contributed by atoms with Crippen molar-refractivity contribution in [1.82, 2.24) is 24.4 Å². The van der Waals surface area contributed by atoms with Crippen LogP contribution in [0.15, 0.2) is 81.7 Å². The molecule has 10 heteroatoms. The second-order valence-corrected chi connectivity index (χ2v) is 11.9. The molecule has 2 amide bonds. The number of allylic oxidation sites excluding steroid dienone is 4. The minimum Gasteiger partial charge on any atom is -0.355 e. The molecule has 0 unspecified atom stereocenters. The molecule has 4 aromatic rings. The number of hydrogen-bond donors (Lipinski definition) is 1. The average Bonchev–Trinajstić information content (AvgIpc) is 3.41. The molecule has 42 heavy (non-hydrogen) atoms. The summed E-state index contributed by atoms with van der Waals surface area (Å²) in [6.45, 7) is 2.18. The van der Waals surface area contributed by atoms with Crippen molar-refractivity contribution < 1.29 is 9.59 Å². The van der Waals surface area contributed by atoms with Gasteiger partial charge in [-0.05, 0) is 90.2 Å². The number of benzene rings is 2. The highest BCUT2D eigenvalue weighted by atomic mass is 79.9. The first-order chi connectivity index (χ1) is 20.3. The van der Waals surface area contributed by atoms with Crippen LogP contribution in [0.1, 0.15) is 57.3 Å². The Morgan fingerprint density at radius 2 is 1.88 bits per heavy atom. The Hall–Kier alpha value is -3.95. The Kier molecular flexibility index (Phi) is 7.64. The summed E-state index contributed by atoms with van der Waals surface area (Å²) in [6, 6.07) is 11.9. The minimum absolute atomic E-state index is 0.147. The van der Waals surface area contributed by atoms with Gasteiger partial charge >= 0.3 is 0 Å². The van der Waals surface area contributed by atoms with Crippen LogP contribution in [0.25, 0.3) is 11.3 Å². The van der Waals surface area contributed by atoms with Gasteiger partial charge in [-0.15, -0.1) is 0 Å². The highest BCUT2D eigenvalue weighted by molar-refractivity contribution is 9.10. The molecule has 0 fully saturated rings. The first-order valence-corrected chi connectivity index (χ1v) is 15.0. The van der Waals surface area contributed by atoms with Gasteiger partial charge in [0.05, 0.1) is 29.1 Å². The van der Waals surface area contributed by atoms with E-state index in [0.29, 0.717) is 51.6 Å². The molecular formula is C32H29BrClN5O3. The van der Waals surface area contributed by atoms with Crippen LogP contribution < -0.4 is 10.9 Å². The van der Waals surface area contributed by atoms with E-state index < -0.39 is 0 Å². The van der Waals surface area contributed by atoms with Crippen molar-refractivity contribution in [2.75, 3.05) is 7.05 Å². The van der Waals surface area contributed by atoms with Gasteiger partial charge < -0.3 is 10.2 Å². The zero-order chi connectivity index (χ0) is 29.5. The summed E-state index contributed by atoms with van der Waals surface area (Å²) in [6.07, 6.45) is 11.3. The van der Waals surface area contributed by atoms with Crippen LogP contribution in [0.2, 0.25) is 5.02 Å². The summed E-state index contributed by atoms with van der Waals surface area (Å²) in [5.41, 5.74) is 5.52. The first-order valence-electron chi connectivity index (χ1n) is 13.8. The van der Waals surface area contributed by atoms with Crippen LogP contribution in [-0.2, 0) is 19.4 Å². The number of fused-ring (bicyclic) bond motifs is 3. The molecule has 0 radical (unpaired) electrons. The van der Waals surface area contributed by atoms with Gasteiger partial charge in [0, 0.05) is 46.2 Å². The molecule has 3 heterocycles. The lowest BCUT2D eigenvalue weighted by Crippen LogP contribution is -2.46. The molecule has 0 saturated carbocycles. The number of aromatic nitrogens is 3. The molecule has 8 nitrogen and oxygen atoms in total. The van der Waals surface area contributed by atoms with Crippen molar-refractivity contribution in [2.45, 2.75) is 45.2 Å². The lowest BCUT2D eigenvalue weighted by atomic mass is 9.97. The van der Waals surface area contributed by atoms with Gasteiger partial charge in [0.25, 0.3) is 17.4 Å². The van der Waals surface area contributed by atoms with Gasteiger partial charge in [-0.25, -0.2) is 4.52 Å². The van der Waals surface area contributed by atoms with Crippen molar-refractivity contribution in [2.24, 2.45) is 0 Å². The summed E-state index contributed by atoms with van der Waals surface area (Å²) in [4.78, 5) is 41.9. The quantitative estimate of drug-likeness (QED) is 0.303. The molecular weight excluding hydrogens is 618 g/mol. The van der Waals surface area contributed by atoms with Crippen molar-refractivity contribution in [1.29, 1.82) is 0 Å². The van der Waals surface area contributed by atoms with E-state index in [1.165, 1.54) is 5.57 Å². The van der Waals surface area contributed by atoms with Crippen molar-refractivity contribution >= 4 is 45.0 Å². The van der Waals surface area contributed by atoms with Gasteiger partial charge in [-0.2, -0.15) is 5.10 Å². The zero-order valence-electron chi connectivity index (χ0n) is 23.2. The summed E-state index contributed by atoms with van der Waals surface area (Å²) in [7, 11) is 1.58. The molecule has 2 aromatic carbocycles. The van der Waals surface area contributed by atoms with E-state index in [1.807, 2.05) is 17.6 Å². The second-order valence-electron chi connectivity index (χ2n) is 10.6. The maximum Gasteiger partial charge on any atom is 0.261 e. The van der Waals surface area contributed by atoms with Gasteiger partial charge in [-0.1, -0.05) is 29.8 Å². The number of rotatable bonds is 5. The number of nitrogens with one attached hydrogen (secondary N) is 1. The highest BCUT2D eigenvalue weighted by Gasteiger charge is 2.33. The molecule has 1 atom stereocenters. The zero-order valence-corrected chi connectivity index (χ0v) is 25.6. The van der Waals surface area contributed by atoms with Crippen LogP contribution in [-0.4, -0.2) is 44.0 Å². The lowest BCUT2D eigenvalue weighted by Gasteiger charge is -2.35. The summed E-state index contributed by atoms with van der Waals surface area (Å²) in [5, 5.41) is 7.87. The van der Waals surface area contributed by atoms with Gasteiger partial charge in [0.15, 0.2) is 0 Å². The van der Waals surface area contributed by atoms with Crippen LogP contribution in [0.4, 0.5) is 0 Å². The monoisotopic (exact) mass is 645 g/mol. The molecule has 1 aliphatic carbocycles. The van der Waals surface area contributed by atoms with Crippen molar-refractivity contribution in [3.8, 4) is 5.69 Å². The first kappa shape index (κ1) is 28.2. The summed E-state index contributed by atoms with van der Waals surface area (Å²) < 4.78 is 4.23. The Morgan fingerprint density at radius 1 is 1.12 bits per heavy atom. The summed E-state index contributed by atoms with van der Waals surface area (Å²) in [5.74, 6) is -0.356. The van der Waals surface area contributed by atoms with Gasteiger partial charge in [0.1, 0.15) is 5.65 Å². The van der Waals surface area contributed by atoms with E-state index in [2.05, 4.69) is 39.5 Å². The Bertz CT molecular complexity index is 1850. The molecule has 1 N–H and O–H groups in total. The number of hydrogen-bond acceptors (Lipinski definition) is 4. The lowest BCUT2D eigenvalue weighted by molar-refractivity contribution is 0.0651. The number of amides is 2. The van der Waals surface area contributed by atoms with E-state index in [9.17, 15) is 14.4 Å². The van der Waals surface area contributed by atoms with Crippen molar-refractivity contribution in [3.05, 3.63) is 120 Å². The van der Waals surface area contributed by atoms with E-state index >= 15 is 0 Å². The second kappa shape index (κ2) is 11.4.